The molecule has 0 bridgehead atoms. The standard InChI is InChI=1S/C11H10Br2N4/c1-14-11-15-6-9(13)10(17-11)16-8-4-2-7(12)3-5-8/h2-6H,1H3,(H2,14,15,16,17). The summed E-state index contributed by atoms with van der Waals surface area (Å²) < 4.78 is 1.86. The van der Waals surface area contributed by atoms with Crippen LogP contribution in [0.2, 0.25) is 0 Å². The third kappa shape index (κ3) is 3.17. The first-order chi connectivity index (χ1) is 8.19. The van der Waals surface area contributed by atoms with Crippen molar-refractivity contribution in [2.75, 3.05) is 17.7 Å². The lowest BCUT2D eigenvalue weighted by molar-refractivity contribution is 1.14. The molecule has 0 atom stereocenters. The van der Waals surface area contributed by atoms with Gasteiger partial charge in [-0.1, -0.05) is 15.9 Å². The second kappa shape index (κ2) is 5.46. The maximum Gasteiger partial charge on any atom is 0.224 e. The fourth-order valence-corrected chi connectivity index (χ4v) is 1.80. The number of halogens is 2. The monoisotopic (exact) mass is 356 g/mol. The van der Waals surface area contributed by atoms with Crippen molar-refractivity contribution in [3.63, 3.8) is 0 Å². The predicted molar refractivity (Wildman–Crippen MR) is 76.7 cm³/mol. The van der Waals surface area contributed by atoms with Crippen LogP contribution in [0, 0.1) is 0 Å². The molecule has 2 N–H and O–H groups in total. The van der Waals surface area contributed by atoms with E-state index in [0.717, 1.165) is 20.5 Å². The predicted octanol–water partition coefficient (Wildman–Crippen LogP) is 3.79. The van der Waals surface area contributed by atoms with Gasteiger partial charge in [-0.2, -0.15) is 4.98 Å². The van der Waals surface area contributed by atoms with E-state index >= 15 is 0 Å². The normalized spacial score (nSPS) is 10.1. The number of aromatic nitrogens is 2. The minimum atomic E-state index is 0.577. The van der Waals surface area contributed by atoms with E-state index in [2.05, 4.69) is 52.5 Å². The van der Waals surface area contributed by atoms with Gasteiger partial charge in [-0.15, -0.1) is 0 Å². The van der Waals surface area contributed by atoms with Gasteiger partial charge in [0.1, 0.15) is 5.82 Å². The minimum absolute atomic E-state index is 0.577. The molecular formula is C11H10Br2N4. The Hall–Kier alpha value is -1.14. The van der Waals surface area contributed by atoms with E-state index in [1.165, 1.54) is 0 Å². The molecule has 0 fully saturated rings. The van der Waals surface area contributed by atoms with Crippen LogP contribution in [-0.4, -0.2) is 17.0 Å². The fourth-order valence-electron chi connectivity index (χ4n) is 1.25. The number of benzene rings is 1. The zero-order valence-corrected chi connectivity index (χ0v) is 12.2. The molecule has 0 unspecified atom stereocenters. The molecule has 1 aromatic carbocycles. The quantitative estimate of drug-likeness (QED) is 0.877. The van der Waals surface area contributed by atoms with E-state index in [-0.39, 0.29) is 0 Å². The summed E-state index contributed by atoms with van der Waals surface area (Å²) in [7, 11) is 1.78. The van der Waals surface area contributed by atoms with Crippen LogP contribution in [0.1, 0.15) is 0 Å². The van der Waals surface area contributed by atoms with E-state index in [1.54, 1.807) is 13.2 Å². The average molecular weight is 358 g/mol. The molecule has 0 saturated carbocycles. The Morgan fingerprint density at radius 2 is 1.82 bits per heavy atom. The molecule has 0 radical (unpaired) electrons. The van der Waals surface area contributed by atoms with E-state index in [0.29, 0.717) is 5.95 Å². The Bertz CT molecular complexity index is 513. The van der Waals surface area contributed by atoms with Crippen molar-refractivity contribution in [2.45, 2.75) is 0 Å². The lowest BCUT2D eigenvalue weighted by Crippen LogP contribution is -2.01. The van der Waals surface area contributed by atoms with Crippen LogP contribution in [0.5, 0.6) is 0 Å². The van der Waals surface area contributed by atoms with Crippen molar-refractivity contribution < 1.29 is 0 Å². The van der Waals surface area contributed by atoms with Crippen LogP contribution in [0.4, 0.5) is 17.5 Å². The summed E-state index contributed by atoms with van der Waals surface area (Å²) in [5.74, 6) is 1.31. The molecular weight excluding hydrogens is 348 g/mol. The Morgan fingerprint density at radius 3 is 2.47 bits per heavy atom. The summed E-state index contributed by atoms with van der Waals surface area (Å²) in [6.07, 6.45) is 1.71. The largest absolute Gasteiger partial charge is 0.357 e. The van der Waals surface area contributed by atoms with Gasteiger partial charge in [0.25, 0.3) is 0 Å². The molecule has 0 spiro atoms. The van der Waals surface area contributed by atoms with E-state index in [4.69, 9.17) is 0 Å². The molecule has 0 aliphatic heterocycles. The van der Waals surface area contributed by atoms with Gasteiger partial charge in [0.2, 0.25) is 5.95 Å². The summed E-state index contributed by atoms with van der Waals surface area (Å²) in [6.45, 7) is 0. The number of hydrogen-bond donors (Lipinski definition) is 2. The smallest absolute Gasteiger partial charge is 0.224 e. The van der Waals surface area contributed by atoms with Crippen molar-refractivity contribution in [2.24, 2.45) is 0 Å². The maximum absolute atomic E-state index is 4.32. The van der Waals surface area contributed by atoms with Crippen LogP contribution < -0.4 is 10.6 Å². The highest BCUT2D eigenvalue weighted by Crippen LogP contribution is 2.24. The van der Waals surface area contributed by atoms with E-state index < -0.39 is 0 Å². The number of anilines is 3. The van der Waals surface area contributed by atoms with Gasteiger partial charge >= 0.3 is 0 Å². The van der Waals surface area contributed by atoms with Crippen molar-refractivity contribution in [1.29, 1.82) is 0 Å². The van der Waals surface area contributed by atoms with E-state index in [1.807, 2.05) is 24.3 Å². The zero-order valence-electron chi connectivity index (χ0n) is 9.04. The van der Waals surface area contributed by atoms with Crippen molar-refractivity contribution in [3.05, 3.63) is 39.4 Å². The molecule has 0 amide bonds. The first kappa shape index (κ1) is 12.3. The SMILES string of the molecule is CNc1ncc(Br)c(Nc2ccc(Br)cc2)n1. The highest BCUT2D eigenvalue weighted by molar-refractivity contribution is 9.10. The Morgan fingerprint density at radius 1 is 1.12 bits per heavy atom. The van der Waals surface area contributed by atoms with Crippen molar-refractivity contribution >= 4 is 49.3 Å². The maximum atomic E-state index is 4.32. The molecule has 1 heterocycles. The summed E-state index contributed by atoms with van der Waals surface area (Å²) in [6, 6.07) is 7.88. The molecule has 17 heavy (non-hydrogen) atoms. The van der Waals surface area contributed by atoms with Crippen LogP contribution in [0.25, 0.3) is 0 Å². The molecule has 2 aromatic rings. The Labute approximate surface area is 116 Å². The summed E-state index contributed by atoms with van der Waals surface area (Å²) in [5.41, 5.74) is 0.967. The van der Waals surface area contributed by atoms with Crippen LogP contribution >= 0.6 is 31.9 Å². The van der Waals surface area contributed by atoms with Crippen LogP contribution in [0.15, 0.2) is 39.4 Å². The van der Waals surface area contributed by atoms with Gasteiger partial charge in [0, 0.05) is 23.4 Å². The van der Waals surface area contributed by atoms with E-state index in [9.17, 15) is 0 Å². The molecule has 88 valence electrons. The van der Waals surface area contributed by atoms with Crippen LogP contribution in [0.3, 0.4) is 0 Å². The lowest BCUT2D eigenvalue weighted by atomic mass is 10.3. The molecule has 2 rings (SSSR count). The van der Waals surface area contributed by atoms with Gasteiger partial charge in [-0.25, -0.2) is 4.98 Å². The Balaban J connectivity index is 2.25. The summed E-state index contributed by atoms with van der Waals surface area (Å²) in [5, 5.41) is 6.11. The third-order valence-electron chi connectivity index (χ3n) is 2.07. The number of rotatable bonds is 3. The fraction of sp³-hybridized carbons (Fsp3) is 0.0909. The minimum Gasteiger partial charge on any atom is -0.357 e. The van der Waals surface area contributed by atoms with Gasteiger partial charge in [0.15, 0.2) is 0 Å². The second-order valence-corrected chi connectivity index (χ2v) is 5.04. The third-order valence-corrected chi connectivity index (χ3v) is 3.18. The summed E-state index contributed by atoms with van der Waals surface area (Å²) >= 11 is 6.80. The molecule has 1 aromatic heterocycles. The van der Waals surface area contributed by atoms with Gasteiger partial charge in [0.05, 0.1) is 4.47 Å². The molecule has 0 saturated heterocycles. The van der Waals surface area contributed by atoms with Gasteiger partial charge in [-0.3, -0.25) is 0 Å². The highest BCUT2D eigenvalue weighted by Gasteiger charge is 2.04. The van der Waals surface area contributed by atoms with Crippen molar-refractivity contribution in [1.82, 2.24) is 9.97 Å². The zero-order chi connectivity index (χ0) is 12.3. The highest BCUT2D eigenvalue weighted by atomic mass is 79.9. The topological polar surface area (TPSA) is 49.8 Å². The number of nitrogens with zero attached hydrogens (tertiary/aromatic N) is 2. The Kier molecular flexibility index (Phi) is 3.96. The number of nitrogens with one attached hydrogen (secondary N) is 2. The molecule has 6 heteroatoms. The number of hydrogen-bond acceptors (Lipinski definition) is 4. The second-order valence-electron chi connectivity index (χ2n) is 3.27. The lowest BCUT2D eigenvalue weighted by Gasteiger charge is -2.08. The molecule has 0 aliphatic rings. The first-order valence-corrected chi connectivity index (χ1v) is 6.50. The van der Waals surface area contributed by atoms with Crippen LogP contribution in [-0.2, 0) is 0 Å². The molecule has 0 aliphatic carbocycles. The van der Waals surface area contributed by atoms with Gasteiger partial charge in [-0.05, 0) is 40.2 Å². The summed E-state index contributed by atoms with van der Waals surface area (Å²) in [4.78, 5) is 8.41. The average Bonchev–Trinajstić information content (AvgIpc) is 2.35. The van der Waals surface area contributed by atoms with Gasteiger partial charge < -0.3 is 10.6 Å². The first-order valence-electron chi connectivity index (χ1n) is 4.92. The van der Waals surface area contributed by atoms with Crippen molar-refractivity contribution in [3.8, 4) is 0 Å². The molecule has 4 nitrogen and oxygen atoms in total.